The molecule has 130 valence electrons. The second-order valence-corrected chi connectivity index (χ2v) is 6.76. The summed E-state index contributed by atoms with van der Waals surface area (Å²) in [6, 6.07) is -0.719. The summed E-state index contributed by atoms with van der Waals surface area (Å²) in [6.45, 7) is 8.82. The highest BCUT2D eigenvalue weighted by Gasteiger charge is 2.22. The molecule has 0 saturated carbocycles. The third-order valence-electron chi connectivity index (χ3n) is 3.30. The first-order valence-electron chi connectivity index (χ1n) is 7.62. The van der Waals surface area contributed by atoms with Gasteiger partial charge in [0.2, 0.25) is 11.6 Å². The summed E-state index contributed by atoms with van der Waals surface area (Å²) < 4.78 is 2.17. The number of hydrogen-bond acceptors (Lipinski definition) is 8. The Labute approximate surface area is 142 Å². The molecule has 0 aliphatic rings. The minimum atomic E-state index is -0.687. The van der Waals surface area contributed by atoms with Gasteiger partial charge in [-0.1, -0.05) is 18.3 Å². The van der Waals surface area contributed by atoms with Gasteiger partial charge in [0.25, 0.3) is 10.7 Å². The van der Waals surface area contributed by atoms with Crippen LogP contribution in [-0.2, 0) is 6.42 Å². The maximum Gasteiger partial charge on any atom is 0.334 e. The lowest BCUT2D eigenvalue weighted by Gasteiger charge is -2.17. The van der Waals surface area contributed by atoms with E-state index in [2.05, 4.69) is 20.4 Å². The molecule has 10 heteroatoms. The fourth-order valence-corrected chi connectivity index (χ4v) is 2.75. The molecule has 0 aliphatic carbocycles. The van der Waals surface area contributed by atoms with Gasteiger partial charge in [-0.25, -0.2) is 4.79 Å². The summed E-state index contributed by atoms with van der Waals surface area (Å²) in [7, 11) is 0. The van der Waals surface area contributed by atoms with Crippen LogP contribution in [-0.4, -0.2) is 24.4 Å². The highest BCUT2D eigenvalue weighted by Crippen LogP contribution is 2.27. The number of rotatable bonds is 5. The highest BCUT2D eigenvalue weighted by molar-refractivity contribution is 7.14. The van der Waals surface area contributed by atoms with Crippen molar-refractivity contribution in [3.05, 3.63) is 25.8 Å². The molecule has 2 aromatic heterocycles. The van der Waals surface area contributed by atoms with Crippen LogP contribution in [0.4, 0.5) is 10.8 Å². The number of nitrogens with zero attached hydrogens (tertiary/aromatic N) is 6. The zero-order chi connectivity index (χ0) is 18.0. The van der Waals surface area contributed by atoms with Crippen LogP contribution < -0.4 is 11.2 Å². The molecule has 0 amide bonds. The van der Waals surface area contributed by atoms with Gasteiger partial charge in [-0.05, 0) is 34.1 Å². The van der Waals surface area contributed by atoms with Crippen molar-refractivity contribution < 1.29 is 5.11 Å². The standard InChI is InChI=1S/C14H20N6O3S/c1-6-9-15-17-13(24-9)18-16-10-11(21)19(7(2)3)14(23)20(8(4)5)12(10)22/h7-8,21H,6H2,1-5H3. The fraction of sp³-hybridized carbons (Fsp3) is 0.571. The molecule has 0 bridgehead atoms. The predicted molar refractivity (Wildman–Crippen MR) is 90.9 cm³/mol. The number of hydrogen-bond donors (Lipinski definition) is 1. The minimum Gasteiger partial charge on any atom is -0.493 e. The Bertz CT molecular complexity index is 878. The topological polar surface area (TPSA) is 115 Å². The van der Waals surface area contributed by atoms with E-state index in [1.807, 2.05) is 6.92 Å². The quantitative estimate of drug-likeness (QED) is 0.831. The van der Waals surface area contributed by atoms with Crippen molar-refractivity contribution in [3.8, 4) is 5.88 Å². The van der Waals surface area contributed by atoms with Crippen LogP contribution in [0.2, 0.25) is 0 Å². The van der Waals surface area contributed by atoms with Crippen LogP contribution in [0.25, 0.3) is 0 Å². The summed E-state index contributed by atoms with van der Waals surface area (Å²) in [5.41, 5.74) is -1.55. The first-order chi connectivity index (χ1) is 11.3. The Morgan fingerprint density at radius 2 is 1.71 bits per heavy atom. The van der Waals surface area contributed by atoms with Gasteiger partial charge in [-0.3, -0.25) is 13.9 Å². The molecular formula is C14H20N6O3S. The molecule has 0 spiro atoms. The normalized spacial score (nSPS) is 12.0. The van der Waals surface area contributed by atoms with E-state index in [-0.39, 0.29) is 22.9 Å². The average Bonchev–Trinajstić information content (AvgIpc) is 2.94. The Kier molecular flexibility index (Phi) is 5.27. The van der Waals surface area contributed by atoms with E-state index >= 15 is 0 Å². The molecular weight excluding hydrogens is 332 g/mol. The number of azo groups is 1. The molecule has 0 unspecified atom stereocenters. The molecule has 2 rings (SSSR count). The Balaban J connectivity index is 2.64. The van der Waals surface area contributed by atoms with Gasteiger partial charge in [-0.15, -0.1) is 20.4 Å². The van der Waals surface area contributed by atoms with Crippen molar-refractivity contribution in [1.29, 1.82) is 0 Å². The van der Waals surface area contributed by atoms with E-state index in [1.54, 1.807) is 27.7 Å². The van der Waals surface area contributed by atoms with E-state index in [9.17, 15) is 14.7 Å². The van der Waals surface area contributed by atoms with Crippen molar-refractivity contribution in [2.75, 3.05) is 0 Å². The summed E-state index contributed by atoms with van der Waals surface area (Å²) in [6.07, 6.45) is 0.719. The van der Waals surface area contributed by atoms with E-state index in [0.29, 0.717) is 0 Å². The third kappa shape index (κ3) is 3.28. The maximum atomic E-state index is 12.5. The van der Waals surface area contributed by atoms with Crippen LogP contribution in [0.3, 0.4) is 0 Å². The van der Waals surface area contributed by atoms with Crippen LogP contribution in [0.1, 0.15) is 51.7 Å². The second-order valence-electron chi connectivity index (χ2n) is 5.72. The van der Waals surface area contributed by atoms with E-state index in [4.69, 9.17) is 0 Å². The first kappa shape index (κ1) is 18.0. The zero-order valence-electron chi connectivity index (χ0n) is 14.2. The Hall–Kier alpha value is -2.36. The molecule has 2 heterocycles. The largest absolute Gasteiger partial charge is 0.493 e. The summed E-state index contributed by atoms with van der Waals surface area (Å²) in [4.78, 5) is 24.9. The van der Waals surface area contributed by atoms with E-state index in [0.717, 1.165) is 20.6 Å². The average molecular weight is 352 g/mol. The molecule has 0 saturated heterocycles. The molecule has 0 radical (unpaired) electrons. The first-order valence-corrected chi connectivity index (χ1v) is 8.43. The lowest BCUT2D eigenvalue weighted by molar-refractivity contribution is 0.365. The maximum absolute atomic E-state index is 12.5. The molecule has 0 fully saturated rings. The molecule has 24 heavy (non-hydrogen) atoms. The molecule has 0 aliphatic heterocycles. The molecule has 0 aromatic carbocycles. The van der Waals surface area contributed by atoms with Crippen LogP contribution >= 0.6 is 11.3 Å². The van der Waals surface area contributed by atoms with Gasteiger partial charge in [0.1, 0.15) is 5.01 Å². The Morgan fingerprint density at radius 3 is 2.21 bits per heavy atom. The van der Waals surface area contributed by atoms with E-state index < -0.39 is 17.1 Å². The fourth-order valence-electron chi connectivity index (χ4n) is 2.15. The van der Waals surface area contributed by atoms with Gasteiger partial charge in [0, 0.05) is 12.1 Å². The van der Waals surface area contributed by atoms with Crippen molar-refractivity contribution in [3.63, 3.8) is 0 Å². The molecule has 1 N–H and O–H groups in total. The smallest absolute Gasteiger partial charge is 0.334 e. The number of aromatic nitrogens is 4. The SMILES string of the molecule is CCc1nnc(N=Nc2c(O)n(C(C)C)c(=O)n(C(C)C)c2=O)s1. The summed E-state index contributed by atoms with van der Waals surface area (Å²) in [5.74, 6) is -0.499. The highest BCUT2D eigenvalue weighted by atomic mass is 32.1. The second kappa shape index (κ2) is 7.04. The number of aromatic hydroxyl groups is 1. The van der Waals surface area contributed by atoms with Gasteiger partial charge in [0.05, 0.1) is 0 Å². The van der Waals surface area contributed by atoms with Crippen molar-refractivity contribution in [1.82, 2.24) is 19.3 Å². The molecule has 0 atom stereocenters. The van der Waals surface area contributed by atoms with Crippen molar-refractivity contribution in [2.24, 2.45) is 10.2 Å². The zero-order valence-corrected chi connectivity index (χ0v) is 15.0. The number of aryl methyl sites for hydroxylation is 1. The monoisotopic (exact) mass is 352 g/mol. The predicted octanol–water partition coefficient (Wildman–Crippen LogP) is 2.71. The molecule has 2 aromatic rings. The van der Waals surface area contributed by atoms with Gasteiger partial charge < -0.3 is 5.11 Å². The lowest BCUT2D eigenvalue weighted by atomic mass is 10.3. The summed E-state index contributed by atoms with van der Waals surface area (Å²) >= 11 is 1.25. The lowest BCUT2D eigenvalue weighted by Crippen LogP contribution is -2.41. The van der Waals surface area contributed by atoms with E-state index in [1.165, 1.54) is 11.3 Å². The third-order valence-corrected chi connectivity index (χ3v) is 4.25. The van der Waals surface area contributed by atoms with Crippen molar-refractivity contribution in [2.45, 2.75) is 53.1 Å². The van der Waals surface area contributed by atoms with Crippen LogP contribution in [0, 0.1) is 0 Å². The Morgan fingerprint density at radius 1 is 1.08 bits per heavy atom. The minimum absolute atomic E-state index is 0.282. The summed E-state index contributed by atoms with van der Waals surface area (Å²) in [5, 5.41) is 26.9. The van der Waals surface area contributed by atoms with Crippen LogP contribution in [0.15, 0.2) is 19.8 Å². The van der Waals surface area contributed by atoms with Gasteiger partial charge in [0.15, 0.2) is 0 Å². The van der Waals surface area contributed by atoms with Crippen molar-refractivity contribution >= 4 is 22.2 Å². The van der Waals surface area contributed by atoms with Crippen LogP contribution in [0.5, 0.6) is 5.88 Å². The molecule has 9 nitrogen and oxygen atoms in total. The van der Waals surface area contributed by atoms with Gasteiger partial charge in [-0.2, -0.15) is 0 Å². The van der Waals surface area contributed by atoms with Gasteiger partial charge >= 0.3 is 5.69 Å².